The minimum atomic E-state index is -0.620. The van der Waals surface area contributed by atoms with Crippen LogP contribution in [0.5, 0.6) is 17.2 Å². The van der Waals surface area contributed by atoms with Crippen LogP contribution in [-0.2, 0) is 0 Å². The molecule has 0 bridgehead atoms. The number of esters is 1. The fourth-order valence-corrected chi connectivity index (χ4v) is 1.67. The Kier molecular flexibility index (Phi) is 3.71. The number of carbonyl (C=O) groups is 1. The van der Waals surface area contributed by atoms with Crippen molar-refractivity contribution in [2.45, 2.75) is 6.92 Å². The Bertz CT molecular complexity index is 605. The van der Waals surface area contributed by atoms with E-state index in [1.807, 2.05) is 6.92 Å². The molecule has 1 N–H and O–H groups in total. The molecule has 2 aromatic carbocycles. The van der Waals surface area contributed by atoms with Crippen LogP contribution in [0.25, 0.3) is 0 Å². The van der Waals surface area contributed by atoms with Gasteiger partial charge in [-0.25, -0.2) is 4.79 Å². The van der Waals surface area contributed by atoms with Crippen molar-refractivity contribution in [2.75, 3.05) is 7.11 Å². The van der Waals surface area contributed by atoms with E-state index in [2.05, 4.69) is 0 Å². The van der Waals surface area contributed by atoms with Gasteiger partial charge in [-0.1, -0.05) is 23.8 Å². The van der Waals surface area contributed by atoms with Gasteiger partial charge in [0.05, 0.1) is 7.11 Å². The highest BCUT2D eigenvalue weighted by atomic mass is 16.6. The second kappa shape index (κ2) is 5.44. The van der Waals surface area contributed by atoms with E-state index in [1.165, 1.54) is 13.2 Å². The van der Waals surface area contributed by atoms with Crippen molar-refractivity contribution in [3.8, 4) is 17.2 Å². The van der Waals surface area contributed by atoms with Crippen molar-refractivity contribution in [3.63, 3.8) is 0 Å². The summed E-state index contributed by atoms with van der Waals surface area (Å²) in [6.07, 6.45) is 0. The molecule has 0 aromatic heterocycles. The number of hydrogen-bond donors (Lipinski definition) is 1. The summed E-state index contributed by atoms with van der Waals surface area (Å²) in [5.41, 5.74) is 0.996. The number of aromatic hydroxyl groups is 1. The van der Waals surface area contributed by atoms with E-state index in [1.54, 1.807) is 36.4 Å². The zero-order valence-corrected chi connectivity index (χ0v) is 10.7. The summed E-state index contributed by atoms with van der Waals surface area (Å²) in [7, 11) is 1.50. The van der Waals surface area contributed by atoms with Gasteiger partial charge in [0.2, 0.25) is 0 Å². The summed E-state index contributed by atoms with van der Waals surface area (Å²) in [6.45, 7) is 1.83. The summed E-state index contributed by atoms with van der Waals surface area (Å²) >= 11 is 0. The lowest BCUT2D eigenvalue weighted by molar-refractivity contribution is 0.0726. The Hall–Kier alpha value is -2.49. The second-order valence-corrected chi connectivity index (χ2v) is 4.06. The molecule has 0 fully saturated rings. The predicted molar refractivity (Wildman–Crippen MR) is 70.8 cm³/mol. The number of benzene rings is 2. The number of phenols is 1. The van der Waals surface area contributed by atoms with Crippen LogP contribution in [0.15, 0.2) is 42.5 Å². The molecule has 98 valence electrons. The third-order valence-corrected chi connectivity index (χ3v) is 2.64. The number of hydrogen-bond acceptors (Lipinski definition) is 4. The normalized spacial score (nSPS) is 10.0. The van der Waals surface area contributed by atoms with Gasteiger partial charge in [-0.15, -0.1) is 0 Å². The summed E-state index contributed by atoms with van der Waals surface area (Å²) in [5.74, 6) is 0.0510. The fourth-order valence-electron chi connectivity index (χ4n) is 1.67. The number of aryl methyl sites for hydroxylation is 1. The molecule has 0 spiro atoms. The molecule has 2 rings (SSSR count). The molecule has 0 heterocycles. The first-order valence-electron chi connectivity index (χ1n) is 5.76. The van der Waals surface area contributed by atoms with Gasteiger partial charge in [-0.2, -0.15) is 0 Å². The Morgan fingerprint density at radius 3 is 2.47 bits per heavy atom. The number of carbonyl (C=O) groups excluding carboxylic acids is 1. The van der Waals surface area contributed by atoms with E-state index in [9.17, 15) is 9.90 Å². The lowest BCUT2D eigenvalue weighted by atomic mass is 10.1. The van der Waals surface area contributed by atoms with E-state index < -0.39 is 5.97 Å². The van der Waals surface area contributed by atoms with Crippen LogP contribution < -0.4 is 9.47 Å². The number of phenolic OH excluding ortho intramolecular Hbond substituents is 1. The molecule has 2 aromatic rings. The van der Waals surface area contributed by atoms with Gasteiger partial charge in [-0.05, 0) is 31.2 Å². The summed E-state index contributed by atoms with van der Waals surface area (Å²) < 4.78 is 10.3. The minimum Gasteiger partial charge on any atom is -0.507 e. The van der Waals surface area contributed by atoms with Gasteiger partial charge in [0, 0.05) is 0 Å². The maximum absolute atomic E-state index is 12.0. The molecule has 0 unspecified atom stereocenters. The van der Waals surface area contributed by atoms with E-state index >= 15 is 0 Å². The van der Waals surface area contributed by atoms with Crippen LogP contribution in [0.1, 0.15) is 15.9 Å². The number of para-hydroxylation sites is 2. The van der Waals surface area contributed by atoms with Crippen molar-refractivity contribution in [3.05, 3.63) is 53.6 Å². The standard InChI is InChI=1S/C15H14O4/c1-10-7-8-12(16)11(9-10)15(17)19-14-6-4-3-5-13(14)18-2/h3-9,16H,1-2H3. The van der Waals surface area contributed by atoms with Crippen molar-refractivity contribution >= 4 is 5.97 Å². The first kappa shape index (κ1) is 13.0. The molecule has 4 heteroatoms. The van der Waals surface area contributed by atoms with Crippen molar-refractivity contribution in [2.24, 2.45) is 0 Å². The minimum absolute atomic E-state index is 0.106. The first-order valence-corrected chi connectivity index (χ1v) is 5.76. The fraction of sp³-hybridized carbons (Fsp3) is 0.133. The SMILES string of the molecule is COc1ccccc1OC(=O)c1cc(C)ccc1O. The predicted octanol–water partition coefficient (Wildman–Crippen LogP) is 2.93. The Balaban J connectivity index is 2.28. The Labute approximate surface area is 111 Å². The van der Waals surface area contributed by atoms with Crippen molar-refractivity contribution < 1.29 is 19.4 Å². The van der Waals surface area contributed by atoms with Crippen LogP contribution in [0.3, 0.4) is 0 Å². The van der Waals surface area contributed by atoms with E-state index in [-0.39, 0.29) is 11.3 Å². The number of methoxy groups -OCH3 is 1. The topological polar surface area (TPSA) is 55.8 Å². The highest BCUT2D eigenvalue weighted by Crippen LogP contribution is 2.28. The third kappa shape index (κ3) is 2.85. The molecule has 0 aliphatic carbocycles. The zero-order chi connectivity index (χ0) is 13.8. The van der Waals surface area contributed by atoms with Crippen LogP contribution >= 0.6 is 0 Å². The van der Waals surface area contributed by atoms with E-state index in [0.717, 1.165) is 5.56 Å². The lowest BCUT2D eigenvalue weighted by Crippen LogP contribution is -2.09. The average Bonchev–Trinajstić information content (AvgIpc) is 2.42. The molecule has 0 saturated heterocycles. The number of ether oxygens (including phenoxy) is 2. The van der Waals surface area contributed by atoms with Gasteiger partial charge in [0.25, 0.3) is 0 Å². The molecule has 19 heavy (non-hydrogen) atoms. The van der Waals surface area contributed by atoms with E-state index in [4.69, 9.17) is 9.47 Å². The quantitative estimate of drug-likeness (QED) is 0.679. The van der Waals surface area contributed by atoms with Crippen LogP contribution in [0, 0.1) is 6.92 Å². The third-order valence-electron chi connectivity index (χ3n) is 2.64. The molecule has 4 nitrogen and oxygen atoms in total. The van der Waals surface area contributed by atoms with Gasteiger partial charge in [0.15, 0.2) is 11.5 Å². The van der Waals surface area contributed by atoms with Gasteiger partial charge >= 0.3 is 5.97 Å². The van der Waals surface area contributed by atoms with Crippen LogP contribution in [-0.4, -0.2) is 18.2 Å². The highest BCUT2D eigenvalue weighted by molar-refractivity contribution is 5.94. The maximum Gasteiger partial charge on any atom is 0.347 e. The molecule has 0 aliphatic rings. The molecule has 0 amide bonds. The van der Waals surface area contributed by atoms with Crippen LogP contribution in [0.4, 0.5) is 0 Å². The average molecular weight is 258 g/mol. The van der Waals surface area contributed by atoms with Gasteiger partial charge < -0.3 is 14.6 Å². The molecular weight excluding hydrogens is 244 g/mol. The zero-order valence-electron chi connectivity index (χ0n) is 10.7. The molecule has 0 radical (unpaired) electrons. The van der Waals surface area contributed by atoms with Crippen LogP contribution in [0.2, 0.25) is 0 Å². The highest BCUT2D eigenvalue weighted by Gasteiger charge is 2.15. The van der Waals surface area contributed by atoms with Gasteiger partial charge in [0.1, 0.15) is 11.3 Å². The first-order chi connectivity index (χ1) is 9.11. The smallest absolute Gasteiger partial charge is 0.347 e. The molecular formula is C15H14O4. The maximum atomic E-state index is 12.0. The largest absolute Gasteiger partial charge is 0.507 e. The number of rotatable bonds is 3. The van der Waals surface area contributed by atoms with Crippen molar-refractivity contribution in [1.29, 1.82) is 0 Å². The summed E-state index contributed by atoms with van der Waals surface area (Å²) in [5, 5.41) is 9.68. The van der Waals surface area contributed by atoms with Crippen molar-refractivity contribution in [1.82, 2.24) is 0 Å². The van der Waals surface area contributed by atoms with Gasteiger partial charge in [-0.3, -0.25) is 0 Å². The molecule has 0 saturated carbocycles. The summed E-state index contributed by atoms with van der Waals surface area (Å²) in [4.78, 5) is 12.0. The Morgan fingerprint density at radius 1 is 1.11 bits per heavy atom. The monoisotopic (exact) mass is 258 g/mol. The lowest BCUT2D eigenvalue weighted by Gasteiger charge is -2.09. The van der Waals surface area contributed by atoms with E-state index in [0.29, 0.717) is 11.5 Å². The Morgan fingerprint density at radius 2 is 1.79 bits per heavy atom. The molecule has 0 atom stereocenters. The molecule has 0 aliphatic heterocycles. The summed E-state index contributed by atoms with van der Waals surface area (Å²) in [6, 6.07) is 11.6. The second-order valence-electron chi connectivity index (χ2n) is 4.06.